The number of unbranched alkanes of at least 4 members (excludes halogenated alkanes) is 1. The second-order valence-corrected chi connectivity index (χ2v) is 4.45. The Morgan fingerprint density at radius 2 is 2.00 bits per heavy atom. The Morgan fingerprint density at radius 3 is 2.67 bits per heavy atom. The van der Waals surface area contributed by atoms with Crippen molar-refractivity contribution >= 4 is 16.7 Å². The van der Waals surface area contributed by atoms with E-state index in [2.05, 4.69) is 6.92 Å². The van der Waals surface area contributed by atoms with Gasteiger partial charge in [0.2, 0.25) is 0 Å². The summed E-state index contributed by atoms with van der Waals surface area (Å²) in [7, 11) is 0. The summed E-state index contributed by atoms with van der Waals surface area (Å²) in [6.07, 6.45) is 2.95. The monoisotopic (exact) mass is 244 g/mol. The lowest BCUT2D eigenvalue weighted by Gasteiger charge is -2.08. The van der Waals surface area contributed by atoms with Gasteiger partial charge in [-0.25, -0.2) is 4.79 Å². The molecule has 2 N–H and O–H groups in total. The van der Waals surface area contributed by atoms with Gasteiger partial charge in [0.05, 0.1) is 5.56 Å². The highest BCUT2D eigenvalue weighted by Gasteiger charge is 2.09. The van der Waals surface area contributed by atoms with E-state index in [1.165, 1.54) is 0 Å². The molecule has 0 aliphatic rings. The van der Waals surface area contributed by atoms with Crippen molar-refractivity contribution in [3.63, 3.8) is 0 Å². The van der Waals surface area contributed by atoms with Crippen molar-refractivity contribution in [3.05, 3.63) is 41.5 Å². The molecule has 2 aromatic carbocycles. The Kier molecular flexibility index (Phi) is 3.51. The minimum Gasteiger partial charge on any atom is -0.508 e. The first-order chi connectivity index (χ1) is 8.61. The number of aryl methyl sites for hydroxylation is 1. The third-order valence-corrected chi connectivity index (χ3v) is 3.07. The van der Waals surface area contributed by atoms with Crippen molar-refractivity contribution in [2.24, 2.45) is 0 Å². The molecule has 18 heavy (non-hydrogen) atoms. The van der Waals surface area contributed by atoms with Gasteiger partial charge in [-0.1, -0.05) is 19.4 Å². The molecule has 0 heterocycles. The highest BCUT2D eigenvalue weighted by Crippen LogP contribution is 2.26. The molecule has 0 saturated heterocycles. The first-order valence-corrected chi connectivity index (χ1v) is 6.10. The van der Waals surface area contributed by atoms with Crippen LogP contribution in [0.4, 0.5) is 0 Å². The molecule has 3 nitrogen and oxygen atoms in total. The summed E-state index contributed by atoms with van der Waals surface area (Å²) in [4.78, 5) is 11.1. The molecule has 0 spiro atoms. The Balaban J connectivity index is 2.60. The molecule has 0 radical (unpaired) electrons. The van der Waals surface area contributed by atoms with Crippen LogP contribution in [0.15, 0.2) is 30.3 Å². The van der Waals surface area contributed by atoms with Gasteiger partial charge >= 0.3 is 5.97 Å². The topological polar surface area (TPSA) is 57.5 Å². The minimum atomic E-state index is -0.932. The molecule has 0 fully saturated rings. The predicted octanol–water partition coefficient (Wildman–Crippen LogP) is 3.59. The van der Waals surface area contributed by atoms with E-state index in [-0.39, 0.29) is 11.3 Å². The number of phenols is 1. The molecular formula is C15H16O3. The van der Waals surface area contributed by atoms with E-state index in [1.807, 2.05) is 6.07 Å². The number of carboxylic acids is 1. The van der Waals surface area contributed by atoms with E-state index < -0.39 is 5.97 Å². The van der Waals surface area contributed by atoms with Gasteiger partial charge in [-0.2, -0.15) is 0 Å². The van der Waals surface area contributed by atoms with Crippen molar-refractivity contribution in [3.8, 4) is 5.75 Å². The van der Waals surface area contributed by atoms with Crippen LogP contribution in [0.1, 0.15) is 35.7 Å². The van der Waals surface area contributed by atoms with Gasteiger partial charge in [0.1, 0.15) is 5.75 Å². The van der Waals surface area contributed by atoms with Crippen molar-refractivity contribution in [2.45, 2.75) is 26.2 Å². The Hall–Kier alpha value is -2.03. The summed E-state index contributed by atoms with van der Waals surface area (Å²) in [5.74, 6) is -0.774. The van der Waals surface area contributed by atoms with Crippen LogP contribution in [-0.4, -0.2) is 16.2 Å². The number of phenolic OH excluding ortho intramolecular Hbond substituents is 1. The number of carboxylic acid groups (broad SMARTS) is 1. The summed E-state index contributed by atoms with van der Waals surface area (Å²) >= 11 is 0. The fraction of sp³-hybridized carbons (Fsp3) is 0.267. The smallest absolute Gasteiger partial charge is 0.335 e. The molecule has 2 aromatic rings. The zero-order valence-corrected chi connectivity index (χ0v) is 10.3. The number of benzene rings is 2. The predicted molar refractivity (Wildman–Crippen MR) is 71.2 cm³/mol. The minimum absolute atomic E-state index is 0.159. The SMILES string of the molecule is CCCCc1cc(C(=O)O)cc2cc(O)ccc12. The number of carbonyl (C=O) groups is 1. The van der Waals surface area contributed by atoms with Gasteiger partial charge < -0.3 is 10.2 Å². The molecule has 0 saturated carbocycles. The van der Waals surface area contributed by atoms with Crippen LogP contribution >= 0.6 is 0 Å². The lowest BCUT2D eigenvalue weighted by Crippen LogP contribution is -1.99. The Bertz CT molecular complexity index is 588. The highest BCUT2D eigenvalue weighted by atomic mass is 16.4. The zero-order chi connectivity index (χ0) is 13.1. The molecule has 0 aliphatic carbocycles. The number of aromatic carboxylic acids is 1. The molecule has 0 aliphatic heterocycles. The molecule has 94 valence electrons. The van der Waals surface area contributed by atoms with Crippen LogP contribution in [0.25, 0.3) is 10.8 Å². The van der Waals surface area contributed by atoms with Crippen LogP contribution in [0.2, 0.25) is 0 Å². The van der Waals surface area contributed by atoms with Gasteiger partial charge in [-0.05, 0) is 53.4 Å². The fourth-order valence-corrected chi connectivity index (χ4v) is 2.13. The molecule has 3 heteroatoms. The second-order valence-electron chi connectivity index (χ2n) is 4.45. The molecule has 2 rings (SSSR count). The largest absolute Gasteiger partial charge is 0.508 e. The van der Waals surface area contributed by atoms with E-state index in [9.17, 15) is 9.90 Å². The number of rotatable bonds is 4. The van der Waals surface area contributed by atoms with E-state index in [1.54, 1.807) is 24.3 Å². The molecule has 0 amide bonds. The van der Waals surface area contributed by atoms with Crippen LogP contribution in [-0.2, 0) is 6.42 Å². The van der Waals surface area contributed by atoms with Crippen LogP contribution < -0.4 is 0 Å². The lowest BCUT2D eigenvalue weighted by atomic mass is 9.97. The maximum atomic E-state index is 11.1. The van der Waals surface area contributed by atoms with Crippen LogP contribution in [0.5, 0.6) is 5.75 Å². The first kappa shape index (κ1) is 12.4. The molecule has 0 aromatic heterocycles. The third-order valence-electron chi connectivity index (χ3n) is 3.07. The summed E-state index contributed by atoms with van der Waals surface area (Å²) < 4.78 is 0. The van der Waals surface area contributed by atoms with Crippen molar-refractivity contribution in [1.29, 1.82) is 0 Å². The van der Waals surface area contributed by atoms with E-state index >= 15 is 0 Å². The first-order valence-electron chi connectivity index (χ1n) is 6.10. The summed E-state index contributed by atoms with van der Waals surface area (Å²) in [5.41, 5.74) is 1.31. The Labute approximate surface area is 106 Å². The van der Waals surface area contributed by atoms with Crippen molar-refractivity contribution in [1.82, 2.24) is 0 Å². The fourth-order valence-electron chi connectivity index (χ4n) is 2.13. The van der Waals surface area contributed by atoms with E-state index in [0.29, 0.717) is 0 Å². The van der Waals surface area contributed by atoms with E-state index in [0.717, 1.165) is 35.6 Å². The number of fused-ring (bicyclic) bond motifs is 1. The number of hydrogen-bond donors (Lipinski definition) is 2. The zero-order valence-electron chi connectivity index (χ0n) is 10.3. The van der Waals surface area contributed by atoms with Gasteiger partial charge in [0.15, 0.2) is 0 Å². The van der Waals surface area contributed by atoms with Crippen molar-refractivity contribution < 1.29 is 15.0 Å². The molecule has 0 bridgehead atoms. The molecular weight excluding hydrogens is 228 g/mol. The number of aromatic hydroxyl groups is 1. The lowest BCUT2D eigenvalue weighted by molar-refractivity contribution is 0.0697. The second kappa shape index (κ2) is 5.08. The van der Waals surface area contributed by atoms with Crippen LogP contribution in [0, 0.1) is 0 Å². The summed E-state index contributed by atoms with van der Waals surface area (Å²) in [6, 6.07) is 8.43. The van der Waals surface area contributed by atoms with Crippen molar-refractivity contribution in [2.75, 3.05) is 0 Å². The average molecular weight is 244 g/mol. The summed E-state index contributed by atoms with van der Waals surface area (Å²) in [5, 5.41) is 20.4. The van der Waals surface area contributed by atoms with Gasteiger partial charge in [-0.15, -0.1) is 0 Å². The number of hydrogen-bond acceptors (Lipinski definition) is 2. The molecule has 0 atom stereocenters. The average Bonchev–Trinajstić information content (AvgIpc) is 2.34. The van der Waals surface area contributed by atoms with Gasteiger partial charge in [0.25, 0.3) is 0 Å². The third kappa shape index (κ3) is 2.45. The van der Waals surface area contributed by atoms with Gasteiger partial charge in [0, 0.05) is 0 Å². The maximum absolute atomic E-state index is 11.1. The van der Waals surface area contributed by atoms with E-state index in [4.69, 9.17) is 5.11 Å². The highest BCUT2D eigenvalue weighted by molar-refractivity contribution is 5.96. The quantitative estimate of drug-likeness (QED) is 0.864. The molecule has 0 unspecified atom stereocenters. The van der Waals surface area contributed by atoms with Gasteiger partial charge in [-0.3, -0.25) is 0 Å². The Morgan fingerprint density at radius 1 is 1.22 bits per heavy atom. The normalized spacial score (nSPS) is 10.7. The maximum Gasteiger partial charge on any atom is 0.335 e. The standard InChI is InChI=1S/C15H16O3/c1-2-3-4-10-7-12(15(17)18)8-11-9-13(16)5-6-14(10)11/h5-9,16H,2-4H2,1H3,(H,17,18). The summed E-state index contributed by atoms with van der Waals surface area (Å²) in [6.45, 7) is 2.11. The van der Waals surface area contributed by atoms with Crippen LogP contribution in [0.3, 0.4) is 0 Å².